The fourth-order valence-electron chi connectivity index (χ4n) is 7.60. The van der Waals surface area contributed by atoms with E-state index in [-0.39, 0.29) is 11.5 Å². The summed E-state index contributed by atoms with van der Waals surface area (Å²) in [5.41, 5.74) is 4.88. The highest BCUT2D eigenvalue weighted by molar-refractivity contribution is 5.82. The smallest absolute Gasteiger partial charge is 0.242 e. The second kappa shape index (κ2) is 8.98. The summed E-state index contributed by atoms with van der Waals surface area (Å²) in [5.74, 6) is 2.27. The molecule has 2 aliphatic carbocycles. The van der Waals surface area contributed by atoms with Crippen molar-refractivity contribution < 1.29 is 19.3 Å². The van der Waals surface area contributed by atoms with Crippen LogP contribution in [0.25, 0.3) is 11.1 Å². The predicted octanol–water partition coefficient (Wildman–Crippen LogP) is 4.66. The number of benzene rings is 1. The van der Waals surface area contributed by atoms with Gasteiger partial charge in [-0.25, -0.2) is 4.58 Å². The van der Waals surface area contributed by atoms with Crippen LogP contribution >= 0.6 is 0 Å². The molecule has 0 spiro atoms. The van der Waals surface area contributed by atoms with Gasteiger partial charge in [0.2, 0.25) is 11.1 Å². The van der Waals surface area contributed by atoms with Crippen LogP contribution in [-0.4, -0.2) is 46.1 Å². The lowest BCUT2D eigenvalue weighted by atomic mass is 9.65. The first-order valence-corrected chi connectivity index (χ1v) is 13.1. The van der Waals surface area contributed by atoms with E-state index in [2.05, 4.69) is 48.9 Å². The minimum atomic E-state index is 0.0921. The topological polar surface area (TPSA) is 63.0 Å². The third-order valence-corrected chi connectivity index (χ3v) is 8.61. The first-order valence-electron chi connectivity index (χ1n) is 13.1. The highest BCUT2D eigenvalue weighted by atomic mass is 16.5. The number of aromatic hydroxyl groups is 1. The first kappa shape index (κ1) is 24.9. The van der Waals surface area contributed by atoms with E-state index in [0.717, 1.165) is 53.4 Å². The van der Waals surface area contributed by atoms with Crippen LogP contribution in [0.2, 0.25) is 0 Å². The normalized spacial score (nSPS) is 27.5. The van der Waals surface area contributed by atoms with Gasteiger partial charge in [-0.15, -0.1) is 0 Å². The summed E-state index contributed by atoms with van der Waals surface area (Å²) in [7, 11) is 6.96. The van der Waals surface area contributed by atoms with Crippen LogP contribution in [0, 0.1) is 10.8 Å². The Bertz CT molecular complexity index is 1270. The van der Waals surface area contributed by atoms with E-state index in [4.69, 9.17) is 14.2 Å². The lowest BCUT2D eigenvalue weighted by molar-refractivity contribution is 0.135. The Balaban J connectivity index is 1.79. The summed E-state index contributed by atoms with van der Waals surface area (Å²) in [6, 6.07) is 8.87. The molecule has 2 bridgehead atoms. The summed E-state index contributed by atoms with van der Waals surface area (Å²) in [5, 5.41) is 15.9. The molecule has 5 rings (SSSR count). The molecular weight excluding hydrogens is 452 g/mol. The number of ether oxygens (including phenoxy) is 3. The summed E-state index contributed by atoms with van der Waals surface area (Å²) in [6.07, 6.45) is 5.29. The molecular formula is C30H41N2O4+. The molecule has 194 valence electrons. The zero-order valence-electron chi connectivity index (χ0n) is 22.8. The van der Waals surface area contributed by atoms with Gasteiger partial charge in [0.25, 0.3) is 0 Å². The van der Waals surface area contributed by atoms with Crippen LogP contribution in [0.5, 0.6) is 23.0 Å². The monoisotopic (exact) mass is 493 g/mol. The van der Waals surface area contributed by atoms with Crippen molar-refractivity contribution in [1.29, 1.82) is 0 Å². The molecule has 2 aromatic rings. The number of fused-ring (bicyclic) bond motifs is 5. The van der Waals surface area contributed by atoms with E-state index in [0.29, 0.717) is 34.5 Å². The average molecular weight is 494 g/mol. The van der Waals surface area contributed by atoms with E-state index < -0.39 is 0 Å². The number of rotatable bonds is 4. The quantitative estimate of drug-likeness (QED) is 0.607. The van der Waals surface area contributed by atoms with Gasteiger partial charge >= 0.3 is 0 Å². The minimum Gasteiger partial charge on any atom is -0.502 e. The van der Waals surface area contributed by atoms with Crippen LogP contribution in [0.4, 0.5) is 0 Å². The Morgan fingerprint density at radius 2 is 1.75 bits per heavy atom. The molecule has 36 heavy (non-hydrogen) atoms. The maximum atomic E-state index is 11.5. The minimum absolute atomic E-state index is 0.0921. The number of methoxy groups -OCH3 is 3. The molecule has 0 aromatic heterocycles. The van der Waals surface area contributed by atoms with Crippen molar-refractivity contribution >= 4 is 0 Å². The van der Waals surface area contributed by atoms with Crippen LogP contribution in [0.3, 0.4) is 0 Å². The molecule has 2 fully saturated rings. The summed E-state index contributed by atoms with van der Waals surface area (Å²) < 4.78 is 19.8. The molecule has 0 amide bonds. The predicted molar refractivity (Wildman–Crippen MR) is 143 cm³/mol. The number of hydrogen-bond acceptors (Lipinski definition) is 5. The fraction of sp³-hybridized carbons (Fsp3) is 0.567. The molecule has 6 heteroatoms. The number of aryl methyl sites for hydroxylation is 1. The van der Waals surface area contributed by atoms with Crippen molar-refractivity contribution in [1.82, 2.24) is 9.89 Å². The third kappa shape index (κ3) is 4.03. The molecule has 2 unspecified atom stereocenters. The highest BCUT2D eigenvalue weighted by Gasteiger charge is 2.53. The van der Waals surface area contributed by atoms with Crippen LogP contribution in [0.15, 0.2) is 24.3 Å². The van der Waals surface area contributed by atoms with Gasteiger partial charge in [-0.2, -0.15) is 0 Å². The van der Waals surface area contributed by atoms with Gasteiger partial charge in [-0.1, -0.05) is 20.8 Å². The standard InChI is InChI=1S/C30H40N2O4/c1-29(2)14-19-15-30(3,16-29)17-32(19)23-11-9-20-21(13-24(23)33)22(31-4)10-8-18-12-25(34-5)27(35-6)28(36-7)26(18)20/h9,11-13,19,22,31H,8,10,14-17H2,1-7H3/p+1/t19?,22-,30?/m1/s1. The fourth-order valence-corrected chi connectivity index (χ4v) is 7.60. The van der Waals surface area contributed by atoms with Crippen molar-refractivity contribution in [2.45, 2.75) is 65.0 Å². The molecule has 2 aromatic carbocycles. The Labute approximate surface area is 214 Å². The van der Waals surface area contributed by atoms with Gasteiger partial charge < -0.3 is 24.6 Å². The second-order valence-corrected chi connectivity index (χ2v) is 12.0. The SMILES string of the molecule is CN[C@@H]1CCc2cc(OC)c(OC)c(OC)c2-c2ccc(=[N+]3CC4(C)CC3CC(C)(C)C4)c(O)cc21. The van der Waals surface area contributed by atoms with Crippen molar-refractivity contribution in [3.8, 4) is 34.1 Å². The Hall–Kier alpha value is -2.73. The van der Waals surface area contributed by atoms with E-state index in [1.807, 2.05) is 13.1 Å². The van der Waals surface area contributed by atoms with E-state index in [1.165, 1.54) is 12.8 Å². The van der Waals surface area contributed by atoms with E-state index in [1.54, 1.807) is 21.3 Å². The van der Waals surface area contributed by atoms with Crippen LogP contribution < -0.4 is 29.5 Å². The van der Waals surface area contributed by atoms with Gasteiger partial charge in [0.1, 0.15) is 6.54 Å². The van der Waals surface area contributed by atoms with Gasteiger partial charge in [-0.3, -0.25) is 0 Å². The van der Waals surface area contributed by atoms with E-state index >= 15 is 0 Å². The maximum absolute atomic E-state index is 11.5. The lowest BCUT2D eigenvalue weighted by Gasteiger charge is -2.36. The van der Waals surface area contributed by atoms with Crippen LogP contribution in [-0.2, 0) is 6.42 Å². The second-order valence-electron chi connectivity index (χ2n) is 12.0. The van der Waals surface area contributed by atoms with Gasteiger partial charge in [-0.05, 0) is 66.6 Å². The van der Waals surface area contributed by atoms with Crippen molar-refractivity contribution in [3.63, 3.8) is 0 Å². The average Bonchev–Trinajstić information content (AvgIpc) is 2.93. The Morgan fingerprint density at radius 3 is 2.42 bits per heavy atom. The molecule has 1 saturated carbocycles. The first-order chi connectivity index (χ1) is 17.1. The zero-order valence-corrected chi connectivity index (χ0v) is 22.8. The molecule has 6 nitrogen and oxygen atoms in total. The number of hydrogen-bond donors (Lipinski definition) is 2. The van der Waals surface area contributed by atoms with Crippen molar-refractivity contribution in [2.24, 2.45) is 10.8 Å². The largest absolute Gasteiger partial charge is 0.502 e. The number of nitrogens with one attached hydrogen (secondary N) is 1. The Kier molecular flexibility index (Phi) is 6.22. The summed E-state index contributed by atoms with van der Waals surface area (Å²) in [4.78, 5) is 0. The Morgan fingerprint density at radius 1 is 1.00 bits per heavy atom. The van der Waals surface area contributed by atoms with Gasteiger partial charge in [0, 0.05) is 35.9 Å². The lowest BCUT2D eigenvalue weighted by Crippen LogP contribution is -2.36. The molecule has 0 radical (unpaired) electrons. The van der Waals surface area contributed by atoms with Crippen LogP contribution in [0.1, 0.15) is 63.6 Å². The van der Waals surface area contributed by atoms with Crippen molar-refractivity contribution in [3.05, 3.63) is 40.7 Å². The molecule has 2 N–H and O–H groups in total. The third-order valence-electron chi connectivity index (χ3n) is 8.61. The molecule has 1 heterocycles. The van der Waals surface area contributed by atoms with E-state index in [9.17, 15) is 5.11 Å². The summed E-state index contributed by atoms with van der Waals surface area (Å²) in [6.45, 7) is 8.16. The summed E-state index contributed by atoms with van der Waals surface area (Å²) >= 11 is 0. The molecule has 1 aliphatic heterocycles. The molecule has 1 saturated heterocycles. The molecule has 3 aliphatic rings. The highest BCUT2D eigenvalue weighted by Crippen LogP contribution is 2.52. The number of nitrogens with zero attached hydrogens (tertiary/aromatic N) is 1. The zero-order chi connectivity index (χ0) is 25.8. The van der Waals surface area contributed by atoms with Crippen molar-refractivity contribution in [2.75, 3.05) is 34.9 Å². The maximum Gasteiger partial charge on any atom is 0.242 e. The van der Waals surface area contributed by atoms with Gasteiger partial charge in [0.15, 0.2) is 23.3 Å². The van der Waals surface area contributed by atoms with Gasteiger partial charge in [0.05, 0.1) is 21.3 Å². The molecule has 3 atom stereocenters.